The molecule has 0 aliphatic heterocycles. The Morgan fingerprint density at radius 3 is 2.91 bits per heavy atom. The van der Waals surface area contributed by atoms with E-state index in [-0.39, 0.29) is 5.69 Å². The van der Waals surface area contributed by atoms with Crippen molar-refractivity contribution in [3.05, 3.63) is 66.5 Å². The summed E-state index contributed by atoms with van der Waals surface area (Å²) in [6, 6.07) is 3.84. The molecule has 0 saturated carbocycles. The van der Waals surface area contributed by atoms with Crippen molar-refractivity contribution in [3.63, 3.8) is 0 Å². The average Bonchev–Trinajstić information content (AvgIpc) is 3.16. The molecule has 0 unspecified atom stereocenters. The molecule has 7 heteroatoms. The number of nitrogens with zero attached hydrogens (tertiary/aromatic N) is 4. The third-order valence-electron chi connectivity index (χ3n) is 3.06. The summed E-state index contributed by atoms with van der Waals surface area (Å²) in [6.07, 6.45) is 8.62. The summed E-state index contributed by atoms with van der Waals surface area (Å²) in [5.41, 5.74) is 1.40. The van der Waals surface area contributed by atoms with Gasteiger partial charge in [0.15, 0.2) is 17.5 Å². The zero-order valence-electron chi connectivity index (χ0n) is 11.4. The van der Waals surface area contributed by atoms with Gasteiger partial charge >= 0.3 is 0 Å². The van der Waals surface area contributed by atoms with Gasteiger partial charge in [0.25, 0.3) is 0 Å². The number of nitrogens with one attached hydrogen (secondary N) is 1. The molecule has 110 valence electrons. The molecule has 0 atom stereocenters. The number of halogens is 2. The lowest BCUT2D eigenvalue weighted by atomic mass is 10.1. The van der Waals surface area contributed by atoms with E-state index in [4.69, 9.17) is 0 Å². The zero-order chi connectivity index (χ0) is 15.5. The number of H-pyrrole nitrogens is 1. The SMILES string of the molecule is C=C/C=C\c1c[nH]cc1-c1nnnn1-c1cccc(F)c1F. The Morgan fingerprint density at radius 2 is 2.09 bits per heavy atom. The fourth-order valence-electron chi connectivity index (χ4n) is 2.05. The van der Waals surface area contributed by atoms with E-state index in [1.165, 1.54) is 12.1 Å². The van der Waals surface area contributed by atoms with Crippen molar-refractivity contribution in [2.45, 2.75) is 0 Å². The van der Waals surface area contributed by atoms with Crippen LogP contribution >= 0.6 is 0 Å². The van der Waals surface area contributed by atoms with Crippen LogP contribution in [0, 0.1) is 11.6 Å². The van der Waals surface area contributed by atoms with Crippen LogP contribution in [0.3, 0.4) is 0 Å². The van der Waals surface area contributed by atoms with Gasteiger partial charge in [-0.2, -0.15) is 4.68 Å². The van der Waals surface area contributed by atoms with Crippen molar-refractivity contribution in [3.8, 4) is 17.1 Å². The minimum atomic E-state index is -1.00. The van der Waals surface area contributed by atoms with Gasteiger partial charge in [0.05, 0.1) is 0 Å². The normalized spacial score (nSPS) is 11.2. The standard InChI is InChI=1S/C15H11F2N5/c1-2-3-5-10-8-18-9-11(10)15-19-20-21-22(15)13-7-4-6-12(16)14(13)17/h2-9,18H,1H2/b5-3-. The number of aromatic amines is 1. The van der Waals surface area contributed by atoms with Gasteiger partial charge in [-0.05, 0) is 22.6 Å². The second-order valence-corrected chi connectivity index (χ2v) is 4.41. The molecular weight excluding hydrogens is 288 g/mol. The quantitative estimate of drug-likeness (QED) is 0.753. The van der Waals surface area contributed by atoms with E-state index in [1.54, 1.807) is 30.6 Å². The number of hydrogen-bond donors (Lipinski definition) is 1. The van der Waals surface area contributed by atoms with Crippen LogP contribution in [-0.4, -0.2) is 25.2 Å². The van der Waals surface area contributed by atoms with Crippen LogP contribution in [0.1, 0.15) is 5.56 Å². The third kappa shape index (κ3) is 2.32. The molecule has 0 saturated heterocycles. The molecule has 0 aliphatic carbocycles. The van der Waals surface area contributed by atoms with Crippen molar-refractivity contribution in [1.29, 1.82) is 0 Å². The lowest BCUT2D eigenvalue weighted by Gasteiger charge is -2.06. The Kier molecular flexibility index (Phi) is 3.61. The average molecular weight is 299 g/mol. The van der Waals surface area contributed by atoms with Gasteiger partial charge in [0, 0.05) is 23.5 Å². The summed E-state index contributed by atoms with van der Waals surface area (Å²) in [5, 5.41) is 11.2. The van der Waals surface area contributed by atoms with Gasteiger partial charge in [-0.15, -0.1) is 5.10 Å². The van der Waals surface area contributed by atoms with Crippen molar-refractivity contribution in [2.24, 2.45) is 0 Å². The summed E-state index contributed by atoms with van der Waals surface area (Å²) in [6.45, 7) is 3.61. The third-order valence-corrected chi connectivity index (χ3v) is 3.06. The maximum atomic E-state index is 14.0. The minimum absolute atomic E-state index is 0.0557. The summed E-state index contributed by atoms with van der Waals surface area (Å²) < 4.78 is 28.5. The van der Waals surface area contributed by atoms with Crippen molar-refractivity contribution < 1.29 is 8.78 Å². The van der Waals surface area contributed by atoms with Gasteiger partial charge in [-0.3, -0.25) is 0 Å². The van der Waals surface area contributed by atoms with Crippen LogP contribution in [0.15, 0.2) is 49.3 Å². The van der Waals surface area contributed by atoms with Crippen LogP contribution in [0.25, 0.3) is 23.2 Å². The van der Waals surface area contributed by atoms with E-state index < -0.39 is 11.6 Å². The Hall–Kier alpha value is -3.09. The van der Waals surface area contributed by atoms with Crippen LogP contribution in [0.5, 0.6) is 0 Å². The van der Waals surface area contributed by atoms with E-state index in [0.29, 0.717) is 11.4 Å². The first-order chi connectivity index (χ1) is 10.7. The fraction of sp³-hybridized carbons (Fsp3) is 0. The second kappa shape index (κ2) is 5.72. The Bertz CT molecular complexity index is 847. The van der Waals surface area contributed by atoms with Gasteiger partial charge in [0.1, 0.15) is 5.69 Å². The van der Waals surface area contributed by atoms with Crippen LogP contribution < -0.4 is 0 Å². The number of tetrazole rings is 1. The summed E-state index contributed by atoms with van der Waals surface area (Å²) >= 11 is 0. The first-order valence-electron chi connectivity index (χ1n) is 6.41. The smallest absolute Gasteiger partial charge is 0.189 e. The van der Waals surface area contributed by atoms with E-state index in [9.17, 15) is 8.78 Å². The molecule has 3 rings (SSSR count). The molecule has 2 aromatic heterocycles. The minimum Gasteiger partial charge on any atom is -0.366 e. The molecule has 0 spiro atoms. The van der Waals surface area contributed by atoms with Gasteiger partial charge in [0.2, 0.25) is 0 Å². The molecule has 0 aliphatic rings. The highest BCUT2D eigenvalue weighted by molar-refractivity contribution is 5.71. The molecule has 0 radical (unpaired) electrons. The van der Waals surface area contributed by atoms with Crippen molar-refractivity contribution in [1.82, 2.24) is 25.2 Å². The Balaban J connectivity index is 2.14. The molecule has 1 aromatic carbocycles. The van der Waals surface area contributed by atoms with Crippen LogP contribution in [0.4, 0.5) is 8.78 Å². The van der Waals surface area contributed by atoms with Crippen molar-refractivity contribution in [2.75, 3.05) is 0 Å². The van der Waals surface area contributed by atoms with E-state index in [0.717, 1.165) is 16.3 Å². The first kappa shape index (κ1) is 13.9. The van der Waals surface area contributed by atoms with E-state index in [1.807, 2.05) is 0 Å². The Labute approximate surface area is 124 Å². The zero-order valence-corrected chi connectivity index (χ0v) is 11.4. The maximum Gasteiger partial charge on any atom is 0.189 e. The highest BCUT2D eigenvalue weighted by atomic mass is 19.2. The lowest BCUT2D eigenvalue weighted by Crippen LogP contribution is -2.04. The molecule has 3 aromatic rings. The van der Waals surface area contributed by atoms with Gasteiger partial charge in [-0.25, -0.2) is 8.78 Å². The van der Waals surface area contributed by atoms with Crippen LogP contribution in [0.2, 0.25) is 0 Å². The van der Waals surface area contributed by atoms with Crippen molar-refractivity contribution >= 4 is 6.08 Å². The highest BCUT2D eigenvalue weighted by Gasteiger charge is 2.18. The van der Waals surface area contributed by atoms with Gasteiger partial charge < -0.3 is 4.98 Å². The number of allylic oxidation sites excluding steroid dienone is 2. The second-order valence-electron chi connectivity index (χ2n) is 4.41. The maximum absolute atomic E-state index is 14.0. The fourth-order valence-corrected chi connectivity index (χ4v) is 2.05. The molecule has 1 N–H and O–H groups in total. The van der Waals surface area contributed by atoms with E-state index in [2.05, 4.69) is 27.1 Å². The molecule has 0 fully saturated rings. The highest BCUT2D eigenvalue weighted by Crippen LogP contribution is 2.25. The summed E-state index contributed by atoms with van der Waals surface area (Å²) in [4.78, 5) is 2.94. The van der Waals surface area contributed by atoms with Crippen LogP contribution in [-0.2, 0) is 0 Å². The monoisotopic (exact) mass is 299 g/mol. The predicted octanol–water partition coefficient (Wildman–Crippen LogP) is 3.13. The van der Waals surface area contributed by atoms with E-state index >= 15 is 0 Å². The number of rotatable bonds is 4. The first-order valence-corrected chi connectivity index (χ1v) is 6.41. The summed E-state index contributed by atoms with van der Waals surface area (Å²) in [7, 11) is 0. The molecule has 0 bridgehead atoms. The summed E-state index contributed by atoms with van der Waals surface area (Å²) in [5.74, 6) is -1.66. The topological polar surface area (TPSA) is 59.4 Å². The van der Waals surface area contributed by atoms with Gasteiger partial charge in [-0.1, -0.05) is 30.9 Å². The lowest BCUT2D eigenvalue weighted by molar-refractivity contribution is 0.501. The molecule has 2 heterocycles. The largest absolute Gasteiger partial charge is 0.366 e. The molecule has 5 nitrogen and oxygen atoms in total. The number of aromatic nitrogens is 5. The number of hydrogen-bond acceptors (Lipinski definition) is 3. The molecular formula is C15H11F2N5. The molecule has 0 amide bonds. The predicted molar refractivity (Wildman–Crippen MR) is 78.1 cm³/mol. The Morgan fingerprint density at radius 1 is 1.23 bits per heavy atom. The number of benzene rings is 1. The molecule has 22 heavy (non-hydrogen) atoms.